The Kier molecular flexibility index (Phi) is 4.27. The highest BCUT2D eigenvalue weighted by Gasteiger charge is 2.35. The van der Waals surface area contributed by atoms with Crippen LogP contribution < -0.4 is 10.2 Å². The van der Waals surface area contributed by atoms with Gasteiger partial charge in [-0.1, -0.05) is 28.1 Å². The van der Waals surface area contributed by atoms with Crippen LogP contribution in [0.4, 0.5) is 5.69 Å². The van der Waals surface area contributed by atoms with Gasteiger partial charge in [0.05, 0.1) is 11.6 Å². The maximum Gasteiger partial charge on any atom is 0.131 e. The van der Waals surface area contributed by atoms with Crippen LogP contribution in [0.15, 0.2) is 58.3 Å². The predicted octanol–water partition coefficient (Wildman–Crippen LogP) is 5.52. The van der Waals surface area contributed by atoms with Gasteiger partial charge in [0.1, 0.15) is 6.17 Å². The molecule has 3 nitrogen and oxygen atoms in total. The monoisotopic (exact) mass is 393 g/mol. The molecule has 0 bridgehead atoms. The summed E-state index contributed by atoms with van der Waals surface area (Å²) < 4.78 is 1.13. The van der Waals surface area contributed by atoms with Crippen molar-refractivity contribution < 1.29 is 0 Å². The highest BCUT2D eigenvalue weighted by molar-refractivity contribution is 9.10. The fraction of sp³-hybridized carbons (Fsp3) is 0.286. The zero-order valence-corrected chi connectivity index (χ0v) is 15.8. The Labute approximate surface area is 157 Å². The van der Waals surface area contributed by atoms with Crippen molar-refractivity contribution in [2.75, 3.05) is 4.90 Å². The van der Waals surface area contributed by atoms with Crippen molar-refractivity contribution in [1.82, 2.24) is 5.32 Å². The Morgan fingerprint density at radius 3 is 2.60 bits per heavy atom. The summed E-state index contributed by atoms with van der Waals surface area (Å²) in [5.74, 6) is 0. The molecule has 4 heteroatoms. The van der Waals surface area contributed by atoms with E-state index in [1.54, 1.807) is 0 Å². The van der Waals surface area contributed by atoms with Gasteiger partial charge in [-0.25, -0.2) is 0 Å². The van der Waals surface area contributed by atoms with E-state index in [2.05, 4.69) is 69.5 Å². The van der Waals surface area contributed by atoms with Crippen LogP contribution in [-0.4, -0.2) is 0 Å². The van der Waals surface area contributed by atoms with Crippen LogP contribution in [0.25, 0.3) is 0 Å². The van der Waals surface area contributed by atoms with Gasteiger partial charge in [-0.15, -0.1) is 0 Å². The van der Waals surface area contributed by atoms with E-state index in [1.807, 2.05) is 12.1 Å². The summed E-state index contributed by atoms with van der Waals surface area (Å²) in [6, 6.07) is 16.5. The van der Waals surface area contributed by atoms with Crippen LogP contribution in [0.1, 0.15) is 48.5 Å². The molecule has 1 aliphatic carbocycles. The average molecular weight is 394 g/mol. The van der Waals surface area contributed by atoms with E-state index in [-0.39, 0.29) is 6.17 Å². The minimum absolute atomic E-state index is 0.0895. The smallest absolute Gasteiger partial charge is 0.131 e. The minimum Gasteiger partial charge on any atom is -0.363 e. The number of halogens is 1. The van der Waals surface area contributed by atoms with Crippen molar-refractivity contribution in [2.24, 2.45) is 0 Å². The summed E-state index contributed by atoms with van der Waals surface area (Å²) in [4.78, 5) is 2.42. The second-order valence-corrected chi connectivity index (χ2v) is 7.53. The molecule has 1 aliphatic heterocycles. The van der Waals surface area contributed by atoms with Gasteiger partial charge in [0, 0.05) is 27.1 Å². The lowest BCUT2D eigenvalue weighted by molar-refractivity contribution is 0.623. The van der Waals surface area contributed by atoms with Gasteiger partial charge in [0.15, 0.2) is 0 Å². The number of nitriles is 1. The van der Waals surface area contributed by atoms with Crippen LogP contribution in [0.5, 0.6) is 0 Å². The molecule has 0 amide bonds. The second-order valence-electron chi connectivity index (χ2n) is 6.68. The number of anilines is 1. The summed E-state index contributed by atoms with van der Waals surface area (Å²) in [7, 11) is 0. The molecular formula is C21H20BrN3. The molecular weight excluding hydrogens is 374 g/mol. The molecule has 0 fully saturated rings. The van der Waals surface area contributed by atoms with Gasteiger partial charge in [0.2, 0.25) is 0 Å². The molecule has 0 radical (unpaired) electrons. The molecule has 1 atom stereocenters. The summed E-state index contributed by atoms with van der Waals surface area (Å²) in [5.41, 5.74) is 7.15. The van der Waals surface area contributed by atoms with E-state index in [9.17, 15) is 0 Å². The molecule has 1 heterocycles. The van der Waals surface area contributed by atoms with Crippen molar-refractivity contribution >= 4 is 21.6 Å². The first-order valence-corrected chi connectivity index (χ1v) is 9.51. The molecule has 2 aromatic carbocycles. The SMILES string of the molecule is Cc1cccc(Br)c1C1NC2=C(CCCC2)N1c1ccc(C#N)cc1. The zero-order chi connectivity index (χ0) is 17.4. The number of benzene rings is 2. The number of hydrogen-bond donors (Lipinski definition) is 1. The topological polar surface area (TPSA) is 39.1 Å². The van der Waals surface area contributed by atoms with Crippen LogP contribution in [0.3, 0.4) is 0 Å². The molecule has 1 N–H and O–H groups in total. The quantitative estimate of drug-likeness (QED) is 0.729. The summed E-state index contributed by atoms with van der Waals surface area (Å²) in [5, 5.41) is 12.9. The normalized spacial score (nSPS) is 19.4. The first-order valence-electron chi connectivity index (χ1n) is 8.72. The predicted molar refractivity (Wildman–Crippen MR) is 104 cm³/mol. The van der Waals surface area contributed by atoms with Crippen LogP contribution in [-0.2, 0) is 0 Å². The fourth-order valence-corrected chi connectivity index (χ4v) is 4.57. The van der Waals surface area contributed by atoms with E-state index in [1.165, 1.54) is 35.4 Å². The van der Waals surface area contributed by atoms with Crippen molar-refractivity contribution in [1.29, 1.82) is 5.26 Å². The van der Waals surface area contributed by atoms with E-state index in [0.717, 1.165) is 23.0 Å². The lowest BCUT2D eigenvalue weighted by Crippen LogP contribution is -2.30. The Morgan fingerprint density at radius 2 is 1.88 bits per heavy atom. The van der Waals surface area contributed by atoms with Gasteiger partial charge < -0.3 is 10.2 Å². The highest BCUT2D eigenvalue weighted by Crippen LogP contribution is 2.43. The Bertz CT molecular complexity index is 857. The number of rotatable bonds is 2. The summed E-state index contributed by atoms with van der Waals surface area (Å²) in [6.07, 6.45) is 4.78. The van der Waals surface area contributed by atoms with E-state index in [4.69, 9.17) is 5.26 Å². The molecule has 4 rings (SSSR count). The first kappa shape index (κ1) is 16.2. The molecule has 0 saturated heterocycles. The Balaban J connectivity index is 1.82. The average Bonchev–Trinajstić information content (AvgIpc) is 3.00. The van der Waals surface area contributed by atoms with Gasteiger partial charge in [0.25, 0.3) is 0 Å². The fourth-order valence-electron chi connectivity index (χ4n) is 3.89. The van der Waals surface area contributed by atoms with E-state index >= 15 is 0 Å². The van der Waals surface area contributed by atoms with E-state index in [0.29, 0.717) is 5.56 Å². The largest absolute Gasteiger partial charge is 0.363 e. The molecule has 0 spiro atoms. The van der Waals surface area contributed by atoms with Crippen LogP contribution in [0.2, 0.25) is 0 Å². The summed E-state index contributed by atoms with van der Waals surface area (Å²) >= 11 is 3.75. The van der Waals surface area contributed by atoms with Gasteiger partial charge in [-0.2, -0.15) is 5.26 Å². The van der Waals surface area contributed by atoms with Crippen molar-refractivity contribution in [3.63, 3.8) is 0 Å². The lowest BCUT2D eigenvalue weighted by Gasteiger charge is -2.31. The number of allylic oxidation sites excluding steroid dienone is 2. The maximum absolute atomic E-state index is 9.09. The molecule has 2 aromatic rings. The third-order valence-electron chi connectivity index (χ3n) is 5.12. The number of nitrogens with one attached hydrogen (secondary N) is 1. The van der Waals surface area contributed by atoms with Gasteiger partial charge in [-0.3, -0.25) is 0 Å². The Morgan fingerprint density at radius 1 is 1.12 bits per heavy atom. The third kappa shape index (κ3) is 2.83. The lowest BCUT2D eigenvalue weighted by atomic mass is 10.0. The van der Waals surface area contributed by atoms with Crippen molar-refractivity contribution in [3.8, 4) is 6.07 Å². The van der Waals surface area contributed by atoms with Gasteiger partial charge >= 0.3 is 0 Å². The zero-order valence-electron chi connectivity index (χ0n) is 14.2. The number of hydrogen-bond acceptors (Lipinski definition) is 3. The summed E-state index contributed by atoms with van der Waals surface area (Å²) in [6.45, 7) is 2.16. The molecule has 2 aliphatic rings. The molecule has 1 unspecified atom stereocenters. The van der Waals surface area contributed by atoms with Crippen LogP contribution >= 0.6 is 15.9 Å². The number of nitrogens with zero attached hydrogens (tertiary/aromatic N) is 2. The second kappa shape index (κ2) is 6.57. The maximum atomic E-state index is 9.09. The van der Waals surface area contributed by atoms with E-state index < -0.39 is 0 Å². The number of aryl methyl sites for hydroxylation is 1. The molecule has 0 saturated carbocycles. The third-order valence-corrected chi connectivity index (χ3v) is 5.81. The Hall–Kier alpha value is -2.25. The molecule has 0 aromatic heterocycles. The first-order chi connectivity index (χ1) is 12.2. The molecule has 126 valence electrons. The standard InChI is InChI=1S/C21H20BrN3/c1-14-5-4-6-17(22)20(14)21-24-18-7-2-3-8-19(18)25(21)16-11-9-15(13-23)10-12-16/h4-6,9-12,21,24H,2-3,7-8H2,1H3. The van der Waals surface area contributed by atoms with Crippen molar-refractivity contribution in [2.45, 2.75) is 38.8 Å². The van der Waals surface area contributed by atoms with Crippen molar-refractivity contribution in [3.05, 3.63) is 75.0 Å². The van der Waals surface area contributed by atoms with Crippen LogP contribution in [0, 0.1) is 18.3 Å². The van der Waals surface area contributed by atoms with Gasteiger partial charge in [-0.05, 0) is 68.5 Å². The molecule has 25 heavy (non-hydrogen) atoms. The minimum atomic E-state index is 0.0895. The highest BCUT2D eigenvalue weighted by atomic mass is 79.9.